The molecule has 3 rings (SSSR count). The molecular weight excluding hydrogens is 404 g/mol. The van der Waals surface area contributed by atoms with Crippen molar-refractivity contribution < 1.29 is 19.1 Å². The number of rotatable bonds is 9. The van der Waals surface area contributed by atoms with Gasteiger partial charge in [0.2, 0.25) is 0 Å². The minimum atomic E-state index is -0.723. The van der Waals surface area contributed by atoms with Gasteiger partial charge in [0, 0.05) is 5.39 Å². The van der Waals surface area contributed by atoms with Crippen molar-refractivity contribution in [1.29, 1.82) is 0 Å². The molecule has 0 spiro atoms. The van der Waals surface area contributed by atoms with E-state index < -0.39 is 17.9 Å². The average Bonchev–Trinajstić information content (AvgIpc) is 2.84. The third-order valence-corrected chi connectivity index (χ3v) is 5.43. The van der Waals surface area contributed by atoms with Crippen LogP contribution in [0.2, 0.25) is 0 Å². The first kappa shape index (κ1) is 23.1. The molecule has 2 atom stereocenters. The van der Waals surface area contributed by atoms with Crippen molar-refractivity contribution in [2.45, 2.75) is 45.6 Å². The lowest BCUT2D eigenvalue weighted by molar-refractivity contribution is -0.134. The molecule has 2 unspecified atom stereocenters. The normalized spacial score (nSPS) is 12.6. The number of carbonyl (C=O) groups excluding carboxylic acids is 2. The second kappa shape index (κ2) is 11.2. The molecule has 3 aromatic carbocycles. The highest BCUT2D eigenvalue weighted by atomic mass is 16.5. The Labute approximate surface area is 188 Å². The predicted molar refractivity (Wildman–Crippen MR) is 126 cm³/mol. The minimum absolute atomic E-state index is 0.219. The van der Waals surface area contributed by atoms with Gasteiger partial charge in [-0.05, 0) is 41.8 Å². The molecule has 0 heterocycles. The lowest BCUT2D eigenvalue weighted by atomic mass is 9.98. The second-order valence-electron chi connectivity index (χ2n) is 7.67. The molecule has 0 fully saturated rings. The lowest BCUT2D eigenvalue weighted by Crippen LogP contribution is -2.49. The van der Waals surface area contributed by atoms with E-state index in [1.54, 1.807) is 0 Å². The van der Waals surface area contributed by atoms with Gasteiger partial charge in [-0.3, -0.25) is 20.4 Å². The first-order valence-corrected chi connectivity index (χ1v) is 11.0. The van der Waals surface area contributed by atoms with Crippen molar-refractivity contribution in [2.75, 3.05) is 6.61 Å². The zero-order chi connectivity index (χ0) is 22.9. The van der Waals surface area contributed by atoms with E-state index in [1.807, 2.05) is 73.7 Å². The molecule has 0 aliphatic rings. The van der Waals surface area contributed by atoms with Crippen LogP contribution in [-0.2, 0) is 9.59 Å². The number of fused-ring (bicyclic) bond motifs is 1. The van der Waals surface area contributed by atoms with Crippen LogP contribution >= 0.6 is 0 Å². The van der Waals surface area contributed by atoms with Gasteiger partial charge in [-0.25, -0.2) is 0 Å². The third-order valence-electron chi connectivity index (χ3n) is 5.43. The van der Waals surface area contributed by atoms with Gasteiger partial charge in [0.05, 0.1) is 0 Å². The quantitative estimate of drug-likeness (QED) is 0.477. The Morgan fingerprint density at radius 1 is 0.844 bits per heavy atom. The van der Waals surface area contributed by atoms with E-state index in [-0.39, 0.29) is 6.61 Å². The summed E-state index contributed by atoms with van der Waals surface area (Å²) < 4.78 is 11.7. The van der Waals surface area contributed by atoms with Crippen LogP contribution in [0.5, 0.6) is 11.5 Å². The summed E-state index contributed by atoms with van der Waals surface area (Å²) in [5.41, 5.74) is 5.92. The molecule has 3 aromatic rings. The van der Waals surface area contributed by atoms with E-state index in [2.05, 4.69) is 24.7 Å². The number of hydrogen-bond acceptors (Lipinski definition) is 4. The Kier molecular flexibility index (Phi) is 8.08. The van der Waals surface area contributed by atoms with Gasteiger partial charge in [-0.1, -0.05) is 75.4 Å². The standard InChI is InChI=1S/C26H30N2O4/c1-4-18(3)20-13-8-9-15-24(20)32-22(5-2)26(30)28-27-25(29)17-31-23-16-10-12-19-11-6-7-14-21(19)23/h6-16,18,22H,4-5,17H2,1-3H3,(H,27,29)(H,28,30). The van der Waals surface area contributed by atoms with Gasteiger partial charge in [0.1, 0.15) is 11.5 Å². The molecule has 0 radical (unpaired) electrons. The molecule has 0 saturated heterocycles. The molecule has 0 saturated carbocycles. The number of hydrazine groups is 1. The summed E-state index contributed by atoms with van der Waals surface area (Å²) in [6.45, 7) is 5.88. The topological polar surface area (TPSA) is 76.7 Å². The SMILES string of the molecule is CCC(Oc1ccccc1C(C)CC)C(=O)NNC(=O)COc1cccc2ccccc12. The van der Waals surface area contributed by atoms with Crippen molar-refractivity contribution in [3.63, 3.8) is 0 Å². The molecule has 0 aliphatic heterocycles. The van der Waals surface area contributed by atoms with Gasteiger partial charge < -0.3 is 9.47 Å². The summed E-state index contributed by atoms with van der Waals surface area (Å²) in [6.07, 6.45) is 0.707. The first-order valence-electron chi connectivity index (χ1n) is 11.0. The van der Waals surface area contributed by atoms with Gasteiger partial charge in [-0.2, -0.15) is 0 Å². The van der Waals surface area contributed by atoms with Crippen molar-refractivity contribution in [1.82, 2.24) is 10.9 Å². The van der Waals surface area contributed by atoms with Gasteiger partial charge in [0.15, 0.2) is 12.7 Å². The maximum Gasteiger partial charge on any atom is 0.279 e. The maximum absolute atomic E-state index is 12.6. The van der Waals surface area contributed by atoms with E-state index >= 15 is 0 Å². The van der Waals surface area contributed by atoms with Crippen molar-refractivity contribution in [2.24, 2.45) is 0 Å². The molecule has 6 heteroatoms. The number of para-hydroxylation sites is 1. The lowest BCUT2D eigenvalue weighted by Gasteiger charge is -2.21. The van der Waals surface area contributed by atoms with Gasteiger partial charge in [-0.15, -0.1) is 0 Å². The molecule has 6 nitrogen and oxygen atoms in total. The highest BCUT2D eigenvalue weighted by molar-refractivity contribution is 5.89. The van der Waals surface area contributed by atoms with Crippen LogP contribution < -0.4 is 20.3 Å². The number of ether oxygens (including phenoxy) is 2. The number of carbonyl (C=O) groups is 2. The average molecular weight is 435 g/mol. The molecular formula is C26H30N2O4. The summed E-state index contributed by atoms with van der Waals surface area (Å²) in [5, 5.41) is 1.95. The molecule has 2 amide bonds. The van der Waals surface area contributed by atoms with Crippen LogP contribution in [0.3, 0.4) is 0 Å². The molecule has 168 valence electrons. The molecule has 32 heavy (non-hydrogen) atoms. The van der Waals surface area contributed by atoms with Crippen LogP contribution in [0, 0.1) is 0 Å². The van der Waals surface area contributed by atoms with Crippen molar-refractivity contribution in [3.8, 4) is 11.5 Å². The fraction of sp³-hybridized carbons (Fsp3) is 0.308. The predicted octanol–water partition coefficient (Wildman–Crippen LogP) is 4.74. The zero-order valence-corrected chi connectivity index (χ0v) is 18.8. The van der Waals surface area contributed by atoms with Crippen LogP contribution in [0.15, 0.2) is 66.7 Å². The largest absolute Gasteiger partial charge is 0.483 e. The highest BCUT2D eigenvalue weighted by Crippen LogP contribution is 2.29. The van der Waals surface area contributed by atoms with E-state index in [9.17, 15) is 9.59 Å². The maximum atomic E-state index is 12.6. The monoisotopic (exact) mass is 434 g/mol. The smallest absolute Gasteiger partial charge is 0.279 e. The Bertz CT molecular complexity index is 1060. The number of hydrogen-bond donors (Lipinski definition) is 2. The fourth-order valence-electron chi connectivity index (χ4n) is 3.40. The molecule has 0 bridgehead atoms. The molecule has 0 aliphatic carbocycles. The van der Waals surface area contributed by atoms with E-state index in [0.717, 1.165) is 22.8 Å². The molecule has 0 aromatic heterocycles. The van der Waals surface area contributed by atoms with E-state index in [1.165, 1.54) is 0 Å². The molecule has 2 N–H and O–H groups in total. The summed E-state index contributed by atoms with van der Waals surface area (Å²) in [7, 11) is 0. The summed E-state index contributed by atoms with van der Waals surface area (Å²) in [4.78, 5) is 24.8. The van der Waals surface area contributed by atoms with Crippen molar-refractivity contribution >= 4 is 22.6 Å². The van der Waals surface area contributed by atoms with E-state index in [0.29, 0.717) is 23.8 Å². The Morgan fingerprint density at radius 3 is 2.31 bits per heavy atom. The van der Waals surface area contributed by atoms with Crippen LogP contribution in [-0.4, -0.2) is 24.5 Å². The van der Waals surface area contributed by atoms with Crippen LogP contribution in [0.25, 0.3) is 10.8 Å². The number of amides is 2. The van der Waals surface area contributed by atoms with Crippen LogP contribution in [0.4, 0.5) is 0 Å². The van der Waals surface area contributed by atoms with Gasteiger partial charge >= 0.3 is 0 Å². The summed E-state index contributed by atoms with van der Waals surface area (Å²) >= 11 is 0. The van der Waals surface area contributed by atoms with E-state index in [4.69, 9.17) is 9.47 Å². The Morgan fingerprint density at radius 2 is 1.53 bits per heavy atom. The minimum Gasteiger partial charge on any atom is -0.483 e. The Hall–Kier alpha value is -3.54. The first-order chi connectivity index (χ1) is 15.5. The number of benzene rings is 3. The summed E-state index contributed by atoms with van der Waals surface area (Å²) in [6, 6.07) is 21.2. The van der Waals surface area contributed by atoms with Gasteiger partial charge in [0.25, 0.3) is 11.8 Å². The highest BCUT2D eigenvalue weighted by Gasteiger charge is 2.21. The van der Waals surface area contributed by atoms with Crippen LogP contribution in [0.1, 0.15) is 45.1 Å². The summed E-state index contributed by atoms with van der Waals surface area (Å²) in [5.74, 6) is 0.749. The second-order valence-corrected chi connectivity index (χ2v) is 7.67. The Balaban J connectivity index is 1.54. The van der Waals surface area contributed by atoms with Crippen molar-refractivity contribution in [3.05, 3.63) is 72.3 Å². The third kappa shape index (κ3) is 5.78. The fourth-order valence-corrected chi connectivity index (χ4v) is 3.40. The number of nitrogens with one attached hydrogen (secondary N) is 2. The zero-order valence-electron chi connectivity index (χ0n) is 18.8.